The molecule has 2 fully saturated rings. The summed E-state index contributed by atoms with van der Waals surface area (Å²) in [5, 5.41) is 0. The fourth-order valence-electron chi connectivity index (χ4n) is 5.92. The standard InChI is InChI=1S/C30H48O7/c1-31-25-19-23-21-36-28-13-9-5-3-7-11-26(28)34-17-15-33-16-18-35-27-12-8-4-6-10-14-29(27)37-22-24(20-25)30(23)32-2/h19-20,26-29H,3-18,21-22H2,1-2H3/t26-,27-,28-,29-/m1/s1. The maximum Gasteiger partial charge on any atom is 0.130 e. The smallest absolute Gasteiger partial charge is 0.130 e. The molecular formula is C30H48O7. The Kier molecular flexibility index (Phi) is 12.3. The van der Waals surface area contributed by atoms with Crippen molar-refractivity contribution in [2.75, 3.05) is 40.6 Å². The summed E-state index contributed by atoms with van der Waals surface area (Å²) in [5.41, 5.74) is 1.97. The van der Waals surface area contributed by atoms with Gasteiger partial charge in [-0.2, -0.15) is 0 Å². The Hall–Kier alpha value is -1.38. The zero-order valence-corrected chi connectivity index (χ0v) is 23.0. The molecule has 2 bridgehead atoms. The summed E-state index contributed by atoms with van der Waals surface area (Å²) in [5.74, 6) is 1.61. The molecule has 4 rings (SSSR count). The van der Waals surface area contributed by atoms with Gasteiger partial charge >= 0.3 is 0 Å². The monoisotopic (exact) mass is 520 g/mol. The molecule has 1 aromatic rings. The average Bonchev–Trinajstić information content (AvgIpc) is 2.88. The van der Waals surface area contributed by atoms with Gasteiger partial charge in [0.1, 0.15) is 11.5 Å². The summed E-state index contributed by atoms with van der Waals surface area (Å²) < 4.78 is 43.3. The molecule has 0 aromatic heterocycles. The van der Waals surface area contributed by atoms with Crippen LogP contribution in [0.25, 0.3) is 0 Å². The van der Waals surface area contributed by atoms with E-state index in [2.05, 4.69) is 0 Å². The first-order valence-corrected chi connectivity index (χ1v) is 14.6. The van der Waals surface area contributed by atoms with E-state index in [-0.39, 0.29) is 24.4 Å². The van der Waals surface area contributed by atoms with Crippen molar-refractivity contribution in [1.29, 1.82) is 0 Å². The van der Waals surface area contributed by atoms with Crippen LogP contribution in [0.4, 0.5) is 0 Å². The minimum atomic E-state index is 0.0498. The molecule has 0 amide bonds. The van der Waals surface area contributed by atoms with Crippen molar-refractivity contribution >= 4 is 0 Å². The molecule has 3 aliphatic rings. The highest BCUT2D eigenvalue weighted by Crippen LogP contribution is 2.33. The third kappa shape index (κ3) is 8.82. The Balaban J connectivity index is 1.57. The maximum atomic E-state index is 6.56. The summed E-state index contributed by atoms with van der Waals surface area (Å²) in [7, 11) is 3.43. The van der Waals surface area contributed by atoms with Gasteiger partial charge in [-0.15, -0.1) is 0 Å². The van der Waals surface area contributed by atoms with Gasteiger partial charge in [-0.1, -0.05) is 51.4 Å². The van der Waals surface area contributed by atoms with Crippen molar-refractivity contribution in [2.24, 2.45) is 0 Å². The highest BCUT2D eigenvalue weighted by molar-refractivity contribution is 5.47. The van der Waals surface area contributed by atoms with E-state index in [0.717, 1.165) is 61.2 Å². The van der Waals surface area contributed by atoms with Crippen molar-refractivity contribution < 1.29 is 33.2 Å². The molecule has 1 aromatic carbocycles. The number of benzene rings is 1. The molecule has 210 valence electrons. The van der Waals surface area contributed by atoms with E-state index >= 15 is 0 Å². The molecule has 0 saturated heterocycles. The van der Waals surface area contributed by atoms with Crippen molar-refractivity contribution in [1.82, 2.24) is 0 Å². The van der Waals surface area contributed by atoms with Crippen LogP contribution in [0.5, 0.6) is 11.5 Å². The lowest BCUT2D eigenvalue weighted by Gasteiger charge is -2.31. The Morgan fingerprint density at radius 2 is 0.973 bits per heavy atom. The Morgan fingerprint density at radius 3 is 1.38 bits per heavy atom. The highest BCUT2D eigenvalue weighted by Gasteiger charge is 2.27. The van der Waals surface area contributed by atoms with Gasteiger partial charge < -0.3 is 33.2 Å². The molecule has 7 heteroatoms. The first-order chi connectivity index (χ1) is 18.3. The van der Waals surface area contributed by atoms with Crippen LogP contribution in [0.1, 0.15) is 88.2 Å². The number of hydrogen-bond donors (Lipinski definition) is 0. The zero-order chi connectivity index (χ0) is 25.7. The molecule has 4 atom stereocenters. The third-order valence-electron chi connectivity index (χ3n) is 7.97. The number of ether oxygens (including phenoxy) is 7. The average molecular weight is 521 g/mol. The van der Waals surface area contributed by atoms with Gasteiger partial charge in [0.2, 0.25) is 0 Å². The molecule has 1 heterocycles. The number of rotatable bonds is 2. The fourth-order valence-corrected chi connectivity index (χ4v) is 5.92. The lowest BCUT2D eigenvalue weighted by atomic mass is 9.95. The lowest BCUT2D eigenvalue weighted by Crippen LogP contribution is -2.34. The SMILES string of the molecule is COc1cc2c(OC)c(c1)CO[C@@H]1CCCCCC[C@H]1OCCOCCO[C@@H]1CCCCCC[C@H]1OC2. The van der Waals surface area contributed by atoms with Crippen LogP contribution in [0.15, 0.2) is 12.1 Å². The molecule has 2 aliphatic carbocycles. The predicted octanol–water partition coefficient (Wildman–Crippen LogP) is 5.98. The van der Waals surface area contributed by atoms with Crippen LogP contribution in [-0.4, -0.2) is 65.1 Å². The van der Waals surface area contributed by atoms with Gasteiger partial charge in [0.05, 0.1) is 78.3 Å². The molecule has 0 N–H and O–H groups in total. The topological polar surface area (TPSA) is 64.6 Å². The van der Waals surface area contributed by atoms with Gasteiger partial charge in [-0.05, 0) is 37.8 Å². The summed E-state index contributed by atoms with van der Waals surface area (Å²) >= 11 is 0. The van der Waals surface area contributed by atoms with Gasteiger partial charge in [0.15, 0.2) is 0 Å². The molecule has 0 spiro atoms. The normalized spacial score (nSPS) is 29.6. The summed E-state index contributed by atoms with van der Waals surface area (Å²) in [6.07, 6.45) is 14.0. The molecule has 37 heavy (non-hydrogen) atoms. The first-order valence-electron chi connectivity index (χ1n) is 14.6. The van der Waals surface area contributed by atoms with Crippen LogP contribution in [0, 0.1) is 0 Å². The lowest BCUT2D eigenvalue weighted by molar-refractivity contribution is -0.112. The van der Waals surface area contributed by atoms with Crippen LogP contribution in [-0.2, 0) is 36.9 Å². The Bertz CT molecular complexity index is 728. The minimum Gasteiger partial charge on any atom is -0.497 e. The van der Waals surface area contributed by atoms with Crippen molar-refractivity contribution in [3.05, 3.63) is 23.3 Å². The maximum absolute atomic E-state index is 6.56. The minimum absolute atomic E-state index is 0.0498. The fraction of sp³-hybridized carbons (Fsp3) is 0.800. The first kappa shape index (κ1) is 28.6. The van der Waals surface area contributed by atoms with Crippen LogP contribution in [0.2, 0.25) is 0 Å². The van der Waals surface area contributed by atoms with E-state index in [1.54, 1.807) is 14.2 Å². The van der Waals surface area contributed by atoms with E-state index < -0.39 is 0 Å². The Morgan fingerprint density at radius 1 is 0.541 bits per heavy atom. The van der Waals surface area contributed by atoms with Crippen molar-refractivity contribution in [2.45, 2.75) is 115 Å². The van der Waals surface area contributed by atoms with Crippen LogP contribution >= 0.6 is 0 Å². The summed E-state index contributed by atoms with van der Waals surface area (Å²) in [6, 6.07) is 4.05. The van der Waals surface area contributed by atoms with E-state index in [1.807, 2.05) is 12.1 Å². The molecule has 2 saturated carbocycles. The van der Waals surface area contributed by atoms with Gasteiger partial charge in [0.25, 0.3) is 0 Å². The molecule has 0 radical (unpaired) electrons. The van der Waals surface area contributed by atoms with Crippen LogP contribution < -0.4 is 9.47 Å². The molecule has 0 unspecified atom stereocenters. The molecular weight excluding hydrogens is 472 g/mol. The predicted molar refractivity (Wildman–Crippen MR) is 142 cm³/mol. The quantitative estimate of drug-likeness (QED) is 0.475. The highest BCUT2D eigenvalue weighted by atomic mass is 16.6. The van der Waals surface area contributed by atoms with E-state index in [9.17, 15) is 0 Å². The third-order valence-corrected chi connectivity index (χ3v) is 7.97. The Labute approximate surface area is 223 Å². The number of fused-ring (bicyclic) bond motifs is 4. The van der Waals surface area contributed by atoms with Crippen LogP contribution in [0.3, 0.4) is 0 Å². The summed E-state index contributed by atoms with van der Waals surface area (Å²) in [4.78, 5) is 0. The number of hydrogen-bond acceptors (Lipinski definition) is 7. The van der Waals surface area contributed by atoms with E-state index in [0.29, 0.717) is 39.6 Å². The van der Waals surface area contributed by atoms with Gasteiger partial charge in [-0.3, -0.25) is 0 Å². The second-order valence-electron chi connectivity index (χ2n) is 10.6. The van der Waals surface area contributed by atoms with Gasteiger partial charge in [-0.25, -0.2) is 0 Å². The van der Waals surface area contributed by atoms with Crippen molar-refractivity contribution in [3.63, 3.8) is 0 Å². The molecule has 1 aliphatic heterocycles. The molecule has 7 nitrogen and oxygen atoms in total. The van der Waals surface area contributed by atoms with E-state index in [4.69, 9.17) is 33.2 Å². The number of methoxy groups -OCH3 is 2. The largest absolute Gasteiger partial charge is 0.497 e. The second-order valence-corrected chi connectivity index (χ2v) is 10.6. The van der Waals surface area contributed by atoms with E-state index in [1.165, 1.54) is 38.5 Å². The zero-order valence-electron chi connectivity index (χ0n) is 23.0. The second kappa shape index (κ2) is 15.9. The van der Waals surface area contributed by atoms with Crippen molar-refractivity contribution in [3.8, 4) is 11.5 Å². The van der Waals surface area contributed by atoms with Gasteiger partial charge in [0, 0.05) is 11.1 Å². The summed E-state index contributed by atoms with van der Waals surface area (Å²) in [6.45, 7) is 3.19.